The minimum Gasteiger partial charge on any atom is -0.396 e. The van der Waals surface area contributed by atoms with Crippen molar-refractivity contribution >= 4 is 0 Å². The molecule has 1 heterocycles. The summed E-state index contributed by atoms with van der Waals surface area (Å²) >= 11 is 0. The van der Waals surface area contributed by atoms with E-state index in [2.05, 4.69) is 37.6 Å². The fourth-order valence-corrected chi connectivity index (χ4v) is 2.11. The maximum absolute atomic E-state index is 8.73. The van der Waals surface area contributed by atoms with Crippen molar-refractivity contribution < 1.29 is 5.11 Å². The lowest BCUT2D eigenvalue weighted by atomic mass is 9.92. The molecule has 0 bridgehead atoms. The summed E-state index contributed by atoms with van der Waals surface area (Å²) in [6, 6.07) is 0. The van der Waals surface area contributed by atoms with Crippen molar-refractivity contribution in [3.63, 3.8) is 0 Å². The van der Waals surface area contributed by atoms with Gasteiger partial charge in [0.1, 0.15) is 0 Å². The second kappa shape index (κ2) is 5.28. The van der Waals surface area contributed by atoms with E-state index in [9.17, 15) is 0 Å². The third kappa shape index (κ3) is 4.09. The van der Waals surface area contributed by atoms with E-state index < -0.39 is 0 Å². The Labute approximate surface area is 94.1 Å². The van der Waals surface area contributed by atoms with Crippen LogP contribution in [-0.4, -0.2) is 60.3 Å². The summed E-state index contributed by atoms with van der Waals surface area (Å²) in [4.78, 5) is 4.86. The minimum atomic E-state index is 0.309. The van der Waals surface area contributed by atoms with Crippen LogP contribution in [-0.2, 0) is 0 Å². The molecule has 1 rings (SSSR count). The van der Waals surface area contributed by atoms with E-state index in [4.69, 9.17) is 5.11 Å². The highest BCUT2D eigenvalue weighted by Gasteiger charge is 2.34. The first-order chi connectivity index (χ1) is 6.93. The molecule has 0 unspecified atom stereocenters. The van der Waals surface area contributed by atoms with E-state index in [-0.39, 0.29) is 0 Å². The van der Waals surface area contributed by atoms with Crippen LogP contribution in [0.3, 0.4) is 0 Å². The molecule has 0 saturated carbocycles. The number of nitrogens with zero attached hydrogens (tertiary/aromatic N) is 2. The highest BCUT2D eigenvalue weighted by Crippen LogP contribution is 2.25. The molecule has 0 spiro atoms. The van der Waals surface area contributed by atoms with Gasteiger partial charge in [-0.05, 0) is 40.2 Å². The Hall–Kier alpha value is -0.120. The summed E-state index contributed by atoms with van der Waals surface area (Å²) in [5, 5.41) is 8.73. The number of rotatable bonds is 5. The molecule has 1 N–H and O–H groups in total. The van der Waals surface area contributed by atoms with Crippen molar-refractivity contribution in [1.82, 2.24) is 9.80 Å². The first-order valence-corrected chi connectivity index (χ1v) is 5.98. The van der Waals surface area contributed by atoms with Crippen molar-refractivity contribution in [3.05, 3.63) is 0 Å². The third-order valence-corrected chi connectivity index (χ3v) is 3.17. The average Bonchev–Trinajstić information content (AvgIpc) is 2.04. The van der Waals surface area contributed by atoms with Crippen LogP contribution < -0.4 is 0 Å². The van der Waals surface area contributed by atoms with Crippen molar-refractivity contribution in [3.8, 4) is 0 Å². The summed E-state index contributed by atoms with van der Waals surface area (Å²) in [7, 11) is 2.15. The molecule has 3 heteroatoms. The van der Waals surface area contributed by atoms with Crippen molar-refractivity contribution in [2.24, 2.45) is 5.92 Å². The molecule has 0 radical (unpaired) electrons. The van der Waals surface area contributed by atoms with Gasteiger partial charge >= 0.3 is 0 Å². The molecule has 3 nitrogen and oxygen atoms in total. The van der Waals surface area contributed by atoms with Crippen LogP contribution in [0.25, 0.3) is 0 Å². The standard InChI is InChI=1S/C12H26N2O/c1-12(2,3)14-9-11(10-14)8-13(4)6-5-7-15/h11,15H,5-10H2,1-4H3. The number of aliphatic hydroxyl groups excluding tert-OH is 1. The van der Waals surface area contributed by atoms with Crippen LogP contribution in [0.15, 0.2) is 0 Å². The Morgan fingerprint density at radius 1 is 1.33 bits per heavy atom. The van der Waals surface area contributed by atoms with Crippen molar-refractivity contribution in [2.45, 2.75) is 32.7 Å². The lowest BCUT2D eigenvalue weighted by Crippen LogP contribution is -2.58. The number of likely N-dealkylation sites (tertiary alicyclic amines) is 1. The minimum absolute atomic E-state index is 0.309. The Morgan fingerprint density at radius 2 is 1.93 bits per heavy atom. The molecular formula is C12H26N2O. The van der Waals surface area contributed by atoms with Gasteiger partial charge in [-0.2, -0.15) is 0 Å². The topological polar surface area (TPSA) is 26.7 Å². The molecule has 0 amide bonds. The number of hydrogen-bond acceptors (Lipinski definition) is 3. The van der Waals surface area contributed by atoms with Crippen LogP contribution >= 0.6 is 0 Å². The van der Waals surface area contributed by atoms with Gasteiger partial charge < -0.3 is 10.0 Å². The van der Waals surface area contributed by atoms with Gasteiger partial charge in [0.05, 0.1) is 0 Å². The molecule has 0 atom stereocenters. The quantitative estimate of drug-likeness (QED) is 0.740. The fraction of sp³-hybridized carbons (Fsp3) is 1.00. The molecule has 1 aliphatic rings. The zero-order valence-electron chi connectivity index (χ0n) is 10.7. The van der Waals surface area contributed by atoms with Crippen molar-refractivity contribution in [1.29, 1.82) is 0 Å². The van der Waals surface area contributed by atoms with Crippen LogP contribution in [0, 0.1) is 5.92 Å². The number of hydrogen-bond donors (Lipinski definition) is 1. The van der Waals surface area contributed by atoms with Gasteiger partial charge in [-0.15, -0.1) is 0 Å². The van der Waals surface area contributed by atoms with Crippen LogP contribution in [0.4, 0.5) is 0 Å². The van der Waals surface area contributed by atoms with E-state index in [0.29, 0.717) is 12.1 Å². The van der Waals surface area contributed by atoms with Gasteiger partial charge in [0.25, 0.3) is 0 Å². The Bertz CT molecular complexity index is 183. The molecule has 0 aliphatic carbocycles. The fourth-order valence-electron chi connectivity index (χ4n) is 2.11. The average molecular weight is 214 g/mol. The van der Waals surface area contributed by atoms with Gasteiger partial charge in [0.15, 0.2) is 0 Å². The van der Waals surface area contributed by atoms with Crippen LogP contribution in [0.5, 0.6) is 0 Å². The van der Waals surface area contributed by atoms with E-state index in [1.165, 1.54) is 19.6 Å². The molecule has 15 heavy (non-hydrogen) atoms. The van der Waals surface area contributed by atoms with E-state index >= 15 is 0 Å². The van der Waals surface area contributed by atoms with Gasteiger partial charge in [0, 0.05) is 38.3 Å². The highest BCUT2D eigenvalue weighted by atomic mass is 16.3. The second-order valence-electron chi connectivity index (χ2n) is 5.78. The van der Waals surface area contributed by atoms with Gasteiger partial charge in [-0.3, -0.25) is 4.90 Å². The van der Waals surface area contributed by atoms with E-state index in [0.717, 1.165) is 18.9 Å². The lowest BCUT2D eigenvalue weighted by Gasteiger charge is -2.48. The normalized spacial score (nSPS) is 19.6. The van der Waals surface area contributed by atoms with Crippen molar-refractivity contribution in [2.75, 3.05) is 39.8 Å². The third-order valence-electron chi connectivity index (χ3n) is 3.17. The molecule has 1 fully saturated rings. The summed E-state index contributed by atoms with van der Waals surface area (Å²) < 4.78 is 0. The van der Waals surface area contributed by atoms with E-state index in [1.807, 2.05) is 0 Å². The molecule has 90 valence electrons. The van der Waals surface area contributed by atoms with E-state index in [1.54, 1.807) is 0 Å². The molecule has 0 aromatic rings. The monoisotopic (exact) mass is 214 g/mol. The Morgan fingerprint density at radius 3 is 2.40 bits per heavy atom. The highest BCUT2D eigenvalue weighted by molar-refractivity contribution is 4.89. The second-order valence-corrected chi connectivity index (χ2v) is 5.78. The van der Waals surface area contributed by atoms with Gasteiger partial charge in [-0.1, -0.05) is 0 Å². The van der Waals surface area contributed by atoms with Crippen LogP contribution in [0.1, 0.15) is 27.2 Å². The maximum Gasteiger partial charge on any atom is 0.0443 e. The summed E-state index contributed by atoms with van der Waals surface area (Å²) in [5.74, 6) is 0.827. The SMILES string of the molecule is CN(CCCO)CC1CN(C(C)(C)C)C1. The van der Waals surface area contributed by atoms with Gasteiger partial charge in [-0.25, -0.2) is 0 Å². The smallest absolute Gasteiger partial charge is 0.0443 e. The summed E-state index contributed by atoms with van der Waals surface area (Å²) in [6.45, 7) is 11.8. The van der Waals surface area contributed by atoms with Crippen LogP contribution in [0.2, 0.25) is 0 Å². The van der Waals surface area contributed by atoms with Gasteiger partial charge in [0.2, 0.25) is 0 Å². The largest absolute Gasteiger partial charge is 0.396 e. The molecule has 0 aromatic carbocycles. The molecule has 1 aliphatic heterocycles. The molecule has 1 saturated heterocycles. The maximum atomic E-state index is 8.73. The summed E-state index contributed by atoms with van der Waals surface area (Å²) in [6.07, 6.45) is 0.895. The predicted octanol–water partition coefficient (Wildman–Crippen LogP) is 1.03. The first-order valence-electron chi connectivity index (χ1n) is 5.98. The predicted molar refractivity (Wildman–Crippen MR) is 64.0 cm³/mol. The lowest BCUT2D eigenvalue weighted by molar-refractivity contribution is 0.000891. The zero-order valence-corrected chi connectivity index (χ0v) is 10.7. The number of aliphatic hydroxyl groups is 1. The molecule has 0 aromatic heterocycles. The zero-order chi connectivity index (χ0) is 11.5. The summed E-state index contributed by atoms with van der Waals surface area (Å²) in [5.41, 5.74) is 0.334. The Kier molecular flexibility index (Phi) is 4.56. The first kappa shape index (κ1) is 12.9. The Balaban J connectivity index is 2.12. The molecular weight excluding hydrogens is 188 g/mol.